The first-order valence-electron chi connectivity index (χ1n) is 4.53. The Morgan fingerprint density at radius 3 is 2.87 bits per heavy atom. The fourth-order valence-corrected chi connectivity index (χ4v) is 1.22. The van der Waals surface area contributed by atoms with E-state index in [4.69, 9.17) is 5.11 Å². The van der Waals surface area contributed by atoms with E-state index in [9.17, 15) is 4.79 Å². The molecule has 0 radical (unpaired) electrons. The Morgan fingerprint density at radius 2 is 2.40 bits per heavy atom. The van der Waals surface area contributed by atoms with Crippen molar-refractivity contribution >= 4 is 5.97 Å². The Bertz CT molecular complexity index is 332. The van der Waals surface area contributed by atoms with Crippen LogP contribution >= 0.6 is 0 Å². The second kappa shape index (κ2) is 5.26. The van der Waals surface area contributed by atoms with Crippen molar-refractivity contribution in [2.24, 2.45) is 0 Å². The molecule has 1 aromatic rings. The molecule has 1 heterocycles. The summed E-state index contributed by atoms with van der Waals surface area (Å²) in [6.45, 7) is 0. The number of hydrogen-bond donors (Lipinski definition) is 1. The molecule has 6 heteroatoms. The number of aliphatic carboxylic acids is 1. The van der Waals surface area contributed by atoms with Crippen molar-refractivity contribution in [3.63, 3.8) is 0 Å². The summed E-state index contributed by atoms with van der Waals surface area (Å²) in [5.74, 6) is -0.939. The zero-order valence-corrected chi connectivity index (χ0v) is 8.74. The van der Waals surface area contributed by atoms with Gasteiger partial charge in [0, 0.05) is 18.7 Å². The molecular formula is C9H14N4O2. The lowest BCUT2D eigenvalue weighted by Crippen LogP contribution is -2.25. The van der Waals surface area contributed by atoms with Crippen LogP contribution in [0.15, 0.2) is 24.5 Å². The highest BCUT2D eigenvalue weighted by Crippen LogP contribution is 2.12. The van der Waals surface area contributed by atoms with Crippen molar-refractivity contribution in [2.45, 2.75) is 12.6 Å². The number of nitrogens with zero attached hydrogens (tertiary/aromatic N) is 4. The van der Waals surface area contributed by atoms with Gasteiger partial charge < -0.3 is 5.11 Å². The molecule has 1 N–H and O–H groups in total. The molecule has 0 spiro atoms. The van der Waals surface area contributed by atoms with E-state index in [1.807, 2.05) is 19.0 Å². The number of rotatable bonds is 5. The van der Waals surface area contributed by atoms with Gasteiger partial charge in [0.05, 0.1) is 6.20 Å². The zero-order chi connectivity index (χ0) is 11.3. The van der Waals surface area contributed by atoms with Crippen LogP contribution in [0.4, 0.5) is 0 Å². The molecule has 0 amide bonds. The van der Waals surface area contributed by atoms with E-state index in [2.05, 4.69) is 10.3 Å². The third kappa shape index (κ3) is 3.51. The molecule has 0 fully saturated rings. The van der Waals surface area contributed by atoms with Crippen LogP contribution in [0.2, 0.25) is 0 Å². The normalized spacial score (nSPS) is 13.5. The third-order valence-electron chi connectivity index (χ3n) is 1.95. The minimum atomic E-state index is -0.939. The van der Waals surface area contributed by atoms with Crippen LogP contribution in [0, 0.1) is 0 Å². The first-order valence-corrected chi connectivity index (χ1v) is 4.53. The second-order valence-electron chi connectivity index (χ2n) is 3.30. The molecule has 0 aliphatic carbocycles. The monoisotopic (exact) mass is 210 g/mol. The molecule has 6 nitrogen and oxygen atoms in total. The molecule has 0 aliphatic rings. The number of carboxylic acids is 1. The predicted molar refractivity (Wildman–Crippen MR) is 54.1 cm³/mol. The summed E-state index contributed by atoms with van der Waals surface area (Å²) in [4.78, 5) is 12.2. The number of aromatic nitrogens is 3. The highest BCUT2D eigenvalue weighted by molar-refractivity contribution is 5.79. The topological polar surface area (TPSA) is 71.2 Å². The minimum absolute atomic E-state index is 0.0110. The van der Waals surface area contributed by atoms with E-state index >= 15 is 0 Å². The smallest absolute Gasteiger partial charge is 0.327 e. The lowest BCUT2D eigenvalue weighted by molar-refractivity contribution is -0.131. The van der Waals surface area contributed by atoms with Crippen molar-refractivity contribution in [3.8, 4) is 0 Å². The lowest BCUT2D eigenvalue weighted by Gasteiger charge is -2.22. The molecule has 1 atom stereocenters. The molecule has 0 aliphatic heterocycles. The van der Waals surface area contributed by atoms with E-state index in [1.54, 1.807) is 23.2 Å². The van der Waals surface area contributed by atoms with Gasteiger partial charge in [-0.15, -0.1) is 5.10 Å². The maximum Gasteiger partial charge on any atom is 0.327 e. The standard InChI is InChI=1S/C9H14N4O2/c1-12(2)8(4-3-5-9(14)15)13-7-6-10-11-13/h3,5-8H,4H2,1-2H3,(H,14,15). The van der Waals surface area contributed by atoms with E-state index in [1.165, 1.54) is 0 Å². The van der Waals surface area contributed by atoms with Gasteiger partial charge in [-0.3, -0.25) is 4.90 Å². The van der Waals surface area contributed by atoms with Crippen LogP contribution in [-0.2, 0) is 4.79 Å². The van der Waals surface area contributed by atoms with Gasteiger partial charge in [-0.25, -0.2) is 9.48 Å². The summed E-state index contributed by atoms with van der Waals surface area (Å²) in [6.07, 6.45) is 6.64. The van der Waals surface area contributed by atoms with Crippen LogP contribution in [0.3, 0.4) is 0 Å². The van der Waals surface area contributed by atoms with Crippen LogP contribution in [0.25, 0.3) is 0 Å². The Hall–Kier alpha value is -1.69. The van der Waals surface area contributed by atoms with E-state index < -0.39 is 5.97 Å². The van der Waals surface area contributed by atoms with Gasteiger partial charge in [0.25, 0.3) is 0 Å². The number of hydrogen-bond acceptors (Lipinski definition) is 4. The SMILES string of the molecule is CN(C)C(CC=CC(=O)O)n1ccnn1. The molecule has 15 heavy (non-hydrogen) atoms. The maximum atomic E-state index is 10.3. The Labute approximate surface area is 87.8 Å². The average molecular weight is 210 g/mol. The van der Waals surface area contributed by atoms with Gasteiger partial charge >= 0.3 is 5.97 Å². The summed E-state index contributed by atoms with van der Waals surface area (Å²) in [7, 11) is 3.81. The molecule has 1 aromatic heterocycles. The van der Waals surface area contributed by atoms with Gasteiger partial charge in [0.1, 0.15) is 6.17 Å². The van der Waals surface area contributed by atoms with E-state index in [-0.39, 0.29) is 6.17 Å². The summed E-state index contributed by atoms with van der Waals surface area (Å²) >= 11 is 0. The van der Waals surface area contributed by atoms with E-state index in [0.29, 0.717) is 6.42 Å². The lowest BCUT2D eigenvalue weighted by atomic mass is 10.3. The quantitative estimate of drug-likeness (QED) is 0.711. The van der Waals surface area contributed by atoms with Crippen LogP contribution in [0.1, 0.15) is 12.6 Å². The molecule has 82 valence electrons. The summed E-state index contributed by atoms with van der Waals surface area (Å²) in [5.41, 5.74) is 0. The molecule has 0 saturated carbocycles. The van der Waals surface area contributed by atoms with Crippen molar-refractivity contribution in [1.82, 2.24) is 19.9 Å². The van der Waals surface area contributed by atoms with Crippen LogP contribution in [0.5, 0.6) is 0 Å². The first-order chi connectivity index (χ1) is 7.11. The minimum Gasteiger partial charge on any atom is -0.478 e. The molecule has 0 saturated heterocycles. The maximum absolute atomic E-state index is 10.3. The molecule has 1 unspecified atom stereocenters. The Kier molecular flexibility index (Phi) is 3.99. The highest BCUT2D eigenvalue weighted by Gasteiger charge is 2.11. The van der Waals surface area contributed by atoms with Crippen molar-refractivity contribution in [3.05, 3.63) is 24.5 Å². The summed E-state index contributed by atoms with van der Waals surface area (Å²) < 4.78 is 1.69. The van der Waals surface area contributed by atoms with Crippen molar-refractivity contribution in [2.75, 3.05) is 14.1 Å². The van der Waals surface area contributed by atoms with Gasteiger partial charge in [-0.1, -0.05) is 11.3 Å². The first kappa shape index (κ1) is 11.4. The Balaban J connectivity index is 2.64. The molecular weight excluding hydrogens is 196 g/mol. The predicted octanol–water partition coefficient (Wildman–Crippen LogP) is 0.369. The molecule has 0 aromatic carbocycles. The Morgan fingerprint density at radius 1 is 1.67 bits per heavy atom. The van der Waals surface area contributed by atoms with E-state index in [0.717, 1.165) is 6.08 Å². The van der Waals surface area contributed by atoms with Gasteiger partial charge in [-0.05, 0) is 14.1 Å². The van der Waals surface area contributed by atoms with Gasteiger partial charge in [0.2, 0.25) is 0 Å². The van der Waals surface area contributed by atoms with Gasteiger partial charge in [-0.2, -0.15) is 0 Å². The van der Waals surface area contributed by atoms with Crippen LogP contribution < -0.4 is 0 Å². The second-order valence-corrected chi connectivity index (χ2v) is 3.30. The average Bonchev–Trinajstić information content (AvgIpc) is 2.63. The fraction of sp³-hybridized carbons (Fsp3) is 0.444. The molecule has 1 rings (SSSR count). The third-order valence-corrected chi connectivity index (χ3v) is 1.95. The number of carbonyl (C=O) groups is 1. The summed E-state index contributed by atoms with van der Waals surface area (Å²) in [6, 6.07) is 0. The van der Waals surface area contributed by atoms with Crippen molar-refractivity contribution in [1.29, 1.82) is 0 Å². The largest absolute Gasteiger partial charge is 0.478 e. The highest BCUT2D eigenvalue weighted by atomic mass is 16.4. The molecule has 0 bridgehead atoms. The van der Waals surface area contributed by atoms with Gasteiger partial charge in [0.15, 0.2) is 0 Å². The fourth-order valence-electron chi connectivity index (χ4n) is 1.22. The van der Waals surface area contributed by atoms with Crippen molar-refractivity contribution < 1.29 is 9.90 Å². The van der Waals surface area contributed by atoms with Crippen LogP contribution in [-0.4, -0.2) is 45.1 Å². The number of carboxylic acid groups (broad SMARTS) is 1. The summed E-state index contributed by atoms with van der Waals surface area (Å²) in [5, 5.41) is 16.1. The zero-order valence-electron chi connectivity index (χ0n) is 8.74.